The van der Waals surface area contributed by atoms with Crippen LogP contribution >= 0.6 is 0 Å². The highest BCUT2D eigenvalue weighted by molar-refractivity contribution is 5.99. The van der Waals surface area contributed by atoms with Crippen LogP contribution in [0.2, 0.25) is 0 Å². The zero-order valence-electron chi connectivity index (χ0n) is 22.2. The van der Waals surface area contributed by atoms with E-state index in [2.05, 4.69) is 52.1 Å². The fraction of sp³-hybridized carbons (Fsp3) is 0.533. The molecule has 0 unspecified atom stereocenters. The Bertz CT molecular complexity index is 999. The molecule has 2 aromatic carbocycles. The van der Waals surface area contributed by atoms with E-state index in [4.69, 9.17) is 5.73 Å². The summed E-state index contributed by atoms with van der Waals surface area (Å²) in [5.41, 5.74) is 12.1. The summed E-state index contributed by atoms with van der Waals surface area (Å²) in [6.45, 7) is 11.1. The number of unbranched alkanes of at least 4 members (excludes halogenated alkanes) is 4. The molecule has 0 radical (unpaired) electrons. The lowest BCUT2D eigenvalue weighted by Crippen LogP contribution is -2.50. The van der Waals surface area contributed by atoms with Gasteiger partial charge in [-0.25, -0.2) is 0 Å². The molecule has 1 heterocycles. The van der Waals surface area contributed by atoms with Crippen molar-refractivity contribution in [2.75, 3.05) is 11.1 Å². The molecule has 5 heteroatoms. The Morgan fingerprint density at radius 2 is 1.57 bits per heavy atom. The second-order valence-electron chi connectivity index (χ2n) is 10.5. The van der Waals surface area contributed by atoms with Gasteiger partial charge >= 0.3 is 0 Å². The fourth-order valence-corrected chi connectivity index (χ4v) is 5.02. The van der Waals surface area contributed by atoms with Crippen LogP contribution < -0.4 is 11.1 Å². The molecule has 0 saturated carbocycles. The number of rotatable bonds is 10. The van der Waals surface area contributed by atoms with E-state index in [0.29, 0.717) is 25.1 Å². The Balaban J connectivity index is 1.88. The van der Waals surface area contributed by atoms with E-state index in [1.807, 2.05) is 24.3 Å². The highest BCUT2D eigenvalue weighted by Crippen LogP contribution is 2.35. The van der Waals surface area contributed by atoms with Crippen LogP contribution in [0.15, 0.2) is 36.4 Å². The number of amides is 2. The van der Waals surface area contributed by atoms with Gasteiger partial charge in [0.1, 0.15) is 6.04 Å². The Morgan fingerprint density at radius 1 is 0.971 bits per heavy atom. The summed E-state index contributed by atoms with van der Waals surface area (Å²) in [7, 11) is 0. The molecule has 2 aromatic rings. The van der Waals surface area contributed by atoms with E-state index in [9.17, 15) is 9.59 Å². The zero-order valence-corrected chi connectivity index (χ0v) is 22.2. The lowest BCUT2D eigenvalue weighted by atomic mass is 9.90. The van der Waals surface area contributed by atoms with E-state index < -0.39 is 6.04 Å². The third-order valence-electron chi connectivity index (χ3n) is 7.08. The van der Waals surface area contributed by atoms with Crippen LogP contribution in [0.1, 0.15) is 107 Å². The molecular formula is C30H43N3O2. The molecule has 5 nitrogen and oxygen atoms in total. The van der Waals surface area contributed by atoms with E-state index in [0.717, 1.165) is 47.2 Å². The van der Waals surface area contributed by atoms with Crippen molar-refractivity contribution in [3.8, 4) is 0 Å². The van der Waals surface area contributed by atoms with Gasteiger partial charge in [-0.2, -0.15) is 0 Å². The van der Waals surface area contributed by atoms with Gasteiger partial charge in [0, 0.05) is 30.8 Å². The number of nitrogens with two attached hydrogens (primary N) is 1. The van der Waals surface area contributed by atoms with Crippen molar-refractivity contribution in [2.45, 2.75) is 104 Å². The molecule has 1 aliphatic rings. The SMILES string of the molecule is CCCCCCCC(=O)N1Cc2ccccc2C[C@H]1C(=O)Nc1c(C(C)C)cc(N)cc1C(C)C. The van der Waals surface area contributed by atoms with Gasteiger partial charge in [-0.1, -0.05) is 84.6 Å². The molecule has 0 aromatic heterocycles. The number of anilines is 2. The van der Waals surface area contributed by atoms with Gasteiger partial charge in [0.2, 0.25) is 11.8 Å². The minimum Gasteiger partial charge on any atom is -0.399 e. The summed E-state index contributed by atoms with van der Waals surface area (Å²) in [5.74, 6) is 0.368. The predicted octanol–water partition coefficient (Wildman–Crippen LogP) is 6.77. The van der Waals surface area contributed by atoms with Crippen LogP contribution in [0.3, 0.4) is 0 Å². The monoisotopic (exact) mass is 477 g/mol. The number of hydrogen-bond donors (Lipinski definition) is 2. The van der Waals surface area contributed by atoms with Gasteiger partial charge in [0.05, 0.1) is 0 Å². The molecule has 190 valence electrons. The number of carbonyl (C=O) groups excluding carboxylic acids is 2. The molecule has 3 N–H and O–H groups in total. The third kappa shape index (κ3) is 6.65. The van der Waals surface area contributed by atoms with Crippen molar-refractivity contribution in [2.24, 2.45) is 0 Å². The summed E-state index contributed by atoms with van der Waals surface area (Å²) in [5, 5.41) is 3.25. The first-order chi connectivity index (χ1) is 16.7. The molecule has 1 aliphatic heterocycles. The van der Waals surface area contributed by atoms with Gasteiger partial charge < -0.3 is 16.0 Å². The van der Waals surface area contributed by atoms with Crippen LogP contribution in [-0.4, -0.2) is 22.8 Å². The fourth-order valence-electron chi connectivity index (χ4n) is 5.02. The highest BCUT2D eigenvalue weighted by atomic mass is 16.2. The Labute approximate surface area is 211 Å². The van der Waals surface area contributed by atoms with Gasteiger partial charge in [-0.3, -0.25) is 9.59 Å². The van der Waals surface area contributed by atoms with E-state index in [1.165, 1.54) is 12.8 Å². The number of carbonyl (C=O) groups is 2. The van der Waals surface area contributed by atoms with Gasteiger partial charge in [0.25, 0.3) is 0 Å². The van der Waals surface area contributed by atoms with E-state index in [-0.39, 0.29) is 23.7 Å². The number of fused-ring (bicyclic) bond motifs is 1. The molecule has 0 spiro atoms. The van der Waals surface area contributed by atoms with Gasteiger partial charge in [-0.15, -0.1) is 0 Å². The smallest absolute Gasteiger partial charge is 0.247 e. The Morgan fingerprint density at radius 3 is 2.17 bits per heavy atom. The van der Waals surface area contributed by atoms with Crippen LogP contribution in [-0.2, 0) is 22.6 Å². The molecule has 1 atom stereocenters. The van der Waals surface area contributed by atoms with Crippen LogP contribution in [0.25, 0.3) is 0 Å². The lowest BCUT2D eigenvalue weighted by molar-refractivity contribution is -0.140. The minimum atomic E-state index is -0.523. The van der Waals surface area contributed by atoms with Crippen molar-refractivity contribution < 1.29 is 9.59 Å². The number of hydrogen-bond acceptors (Lipinski definition) is 3. The number of nitrogen functional groups attached to an aromatic ring is 1. The maximum absolute atomic E-state index is 13.8. The first-order valence-corrected chi connectivity index (χ1v) is 13.3. The molecular weight excluding hydrogens is 434 g/mol. The normalized spacial score (nSPS) is 15.4. The highest BCUT2D eigenvalue weighted by Gasteiger charge is 2.35. The minimum absolute atomic E-state index is 0.0709. The topological polar surface area (TPSA) is 75.4 Å². The van der Waals surface area contributed by atoms with E-state index >= 15 is 0 Å². The molecule has 0 saturated heterocycles. The van der Waals surface area contributed by atoms with Crippen molar-refractivity contribution in [1.82, 2.24) is 4.90 Å². The summed E-state index contributed by atoms with van der Waals surface area (Å²) < 4.78 is 0. The molecule has 3 rings (SSSR count). The Hall–Kier alpha value is -2.82. The summed E-state index contributed by atoms with van der Waals surface area (Å²) in [6.07, 6.45) is 6.50. The Kier molecular flexibility index (Phi) is 9.36. The summed E-state index contributed by atoms with van der Waals surface area (Å²) in [4.78, 5) is 28.9. The number of nitrogens with zero attached hydrogens (tertiary/aromatic N) is 1. The summed E-state index contributed by atoms with van der Waals surface area (Å²) in [6, 6.07) is 11.6. The van der Waals surface area contributed by atoms with Crippen molar-refractivity contribution in [1.29, 1.82) is 0 Å². The molecule has 2 amide bonds. The molecule has 0 aliphatic carbocycles. The molecule has 0 bridgehead atoms. The maximum atomic E-state index is 13.8. The van der Waals surface area contributed by atoms with E-state index in [1.54, 1.807) is 4.90 Å². The van der Waals surface area contributed by atoms with Crippen molar-refractivity contribution in [3.05, 3.63) is 58.7 Å². The van der Waals surface area contributed by atoms with Crippen LogP contribution in [0, 0.1) is 0 Å². The molecule has 35 heavy (non-hydrogen) atoms. The zero-order chi connectivity index (χ0) is 25.5. The number of nitrogens with one attached hydrogen (secondary N) is 1. The average molecular weight is 478 g/mol. The van der Waals surface area contributed by atoms with Gasteiger partial charge in [0.15, 0.2) is 0 Å². The van der Waals surface area contributed by atoms with Crippen LogP contribution in [0.5, 0.6) is 0 Å². The quantitative estimate of drug-likeness (QED) is 0.293. The average Bonchev–Trinajstić information content (AvgIpc) is 2.83. The third-order valence-corrected chi connectivity index (χ3v) is 7.08. The first-order valence-electron chi connectivity index (χ1n) is 13.3. The van der Waals surface area contributed by atoms with Gasteiger partial charge in [-0.05, 0) is 52.6 Å². The molecule has 0 fully saturated rings. The van der Waals surface area contributed by atoms with Crippen molar-refractivity contribution >= 4 is 23.2 Å². The maximum Gasteiger partial charge on any atom is 0.247 e. The predicted molar refractivity (Wildman–Crippen MR) is 146 cm³/mol. The lowest BCUT2D eigenvalue weighted by Gasteiger charge is -2.36. The second-order valence-corrected chi connectivity index (χ2v) is 10.5. The first kappa shape index (κ1) is 26.8. The van der Waals surface area contributed by atoms with Crippen LogP contribution in [0.4, 0.5) is 11.4 Å². The largest absolute Gasteiger partial charge is 0.399 e. The standard InChI is InChI=1S/C30H43N3O2/c1-6-7-8-9-10-15-28(34)33-19-23-14-12-11-13-22(23)16-27(33)30(35)32-29-25(20(2)3)17-24(31)18-26(29)21(4)5/h11-14,17-18,20-21,27H,6-10,15-16,19,31H2,1-5H3,(H,32,35)/t27-/m0/s1. The van der Waals surface area contributed by atoms with Crippen molar-refractivity contribution in [3.63, 3.8) is 0 Å². The number of benzene rings is 2. The second kappa shape index (κ2) is 12.2. The summed E-state index contributed by atoms with van der Waals surface area (Å²) >= 11 is 0.